The van der Waals surface area contributed by atoms with Crippen molar-refractivity contribution in [3.8, 4) is 0 Å². The smallest absolute Gasteiger partial charge is 0.408 e. The molecule has 9 heteroatoms. The lowest BCUT2D eigenvalue weighted by molar-refractivity contribution is -0.121. The van der Waals surface area contributed by atoms with E-state index >= 15 is 0 Å². The summed E-state index contributed by atoms with van der Waals surface area (Å²) in [6.07, 6.45) is 1.67. The monoisotopic (exact) mass is 369 g/mol. The predicted octanol–water partition coefficient (Wildman–Crippen LogP) is 0.537. The van der Waals surface area contributed by atoms with Crippen molar-refractivity contribution in [2.75, 3.05) is 31.2 Å². The molecule has 2 aromatic heterocycles. The fourth-order valence-electron chi connectivity index (χ4n) is 2.98. The number of rotatable bonds is 5. The lowest BCUT2D eigenvalue weighted by Crippen LogP contribution is -2.37. The number of fused-ring (bicyclic) bond motifs is 1. The molecule has 27 heavy (non-hydrogen) atoms. The highest BCUT2D eigenvalue weighted by Gasteiger charge is 2.14. The van der Waals surface area contributed by atoms with Crippen LogP contribution in [0.2, 0.25) is 0 Å². The summed E-state index contributed by atoms with van der Waals surface area (Å²) in [4.78, 5) is 35.0. The Morgan fingerprint density at radius 3 is 2.85 bits per heavy atom. The zero-order valence-corrected chi connectivity index (χ0v) is 14.6. The summed E-state index contributed by atoms with van der Waals surface area (Å²) in [6.45, 7) is 2.95. The molecule has 3 aromatic rings. The molecule has 1 amide bonds. The summed E-state index contributed by atoms with van der Waals surface area (Å²) in [5.41, 5.74) is 1.04. The van der Waals surface area contributed by atoms with E-state index in [9.17, 15) is 9.59 Å². The molecule has 4 rings (SSSR count). The van der Waals surface area contributed by atoms with Gasteiger partial charge in [0.15, 0.2) is 5.58 Å². The van der Waals surface area contributed by atoms with E-state index in [-0.39, 0.29) is 19.0 Å². The first-order valence-corrected chi connectivity index (χ1v) is 8.70. The highest BCUT2D eigenvalue weighted by Crippen LogP contribution is 2.12. The number of nitrogens with one attached hydrogen (secondary N) is 1. The van der Waals surface area contributed by atoms with Crippen molar-refractivity contribution >= 4 is 22.8 Å². The normalized spacial score (nSPS) is 14.4. The van der Waals surface area contributed by atoms with Gasteiger partial charge in [0.05, 0.1) is 25.3 Å². The van der Waals surface area contributed by atoms with Gasteiger partial charge in [-0.05, 0) is 18.2 Å². The molecule has 1 saturated heterocycles. The number of morpholine rings is 1. The van der Waals surface area contributed by atoms with Crippen LogP contribution in [0.25, 0.3) is 11.1 Å². The minimum Gasteiger partial charge on any atom is -0.408 e. The van der Waals surface area contributed by atoms with Crippen molar-refractivity contribution in [1.82, 2.24) is 19.9 Å². The molecule has 0 radical (unpaired) electrons. The molecule has 140 valence electrons. The maximum Gasteiger partial charge on any atom is 0.420 e. The fraction of sp³-hybridized carbons (Fsp3) is 0.333. The second kappa shape index (κ2) is 7.58. The topological polar surface area (TPSA) is 102 Å². The van der Waals surface area contributed by atoms with Crippen LogP contribution in [-0.2, 0) is 22.6 Å². The number of aromatic nitrogens is 3. The number of para-hydroxylation sites is 2. The number of carbonyl (C=O) groups excluding carboxylic acids is 1. The van der Waals surface area contributed by atoms with E-state index in [1.165, 1.54) is 4.57 Å². The van der Waals surface area contributed by atoms with E-state index in [1.807, 2.05) is 6.07 Å². The van der Waals surface area contributed by atoms with Gasteiger partial charge >= 0.3 is 5.76 Å². The molecule has 0 atom stereocenters. The van der Waals surface area contributed by atoms with Crippen LogP contribution in [-0.4, -0.2) is 46.7 Å². The molecule has 0 aliphatic carbocycles. The molecule has 0 saturated carbocycles. The number of ether oxygens (including phenoxy) is 1. The van der Waals surface area contributed by atoms with Crippen LogP contribution in [0.5, 0.6) is 0 Å². The van der Waals surface area contributed by atoms with Crippen LogP contribution < -0.4 is 16.0 Å². The van der Waals surface area contributed by atoms with Gasteiger partial charge in [0.2, 0.25) is 5.91 Å². The summed E-state index contributed by atoms with van der Waals surface area (Å²) < 4.78 is 11.8. The number of oxazole rings is 1. The van der Waals surface area contributed by atoms with Crippen LogP contribution in [0.3, 0.4) is 0 Å². The van der Waals surface area contributed by atoms with Gasteiger partial charge in [0, 0.05) is 19.3 Å². The van der Waals surface area contributed by atoms with Crippen LogP contribution in [0.1, 0.15) is 5.82 Å². The lowest BCUT2D eigenvalue weighted by atomic mass is 10.3. The molecule has 1 fully saturated rings. The Labute approximate surface area is 154 Å². The third kappa shape index (κ3) is 3.82. The number of nitrogens with zero attached hydrogens (tertiary/aromatic N) is 4. The number of carbonyl (C=O) groups is 1. The minimum atomic E-state index is -0.558. The zero-order chi connectivity index (χ0) is 18.6. The molecule has 0 unspecified atom stereocenters. The molecule has 9 nitrogen and oxygen atoms in total. The van der Waals surface area contributed by atoms with E-state index in [0.717, 1.165) is 18.9 Å². The van der Waals surface area contributed by atoms with E-state index in [1.54, 1.807) is 30.5 Å². The van der Waals surface area contributed by atoms with Gasteiger partial charge < -0.3 is 19.4 Å². The van der Waals surface area contributed by atoms with Crippen molar-refractivity contribution in [3.05, 3.63) is 52.9 Å². The average Bonchev–Trinajstić information content (AvgIpc) is 3.02. The molecular formula is C18H19N5O4. The van der Waals surface area contributed by atoms with Crippen molar-refractivity contribution in [2.24, 2.45) is 0 Å². The van der Waals surface area contributed by atoms with Crippen LogP contribution in [0.15, 0.2) is 45.7 Å². The summed E-state index contributed by atoms with van der Waals surface area (Å²) in [5, 5.41) is 2.75. The SMILES string of the molecule is O=C(Cn1c(=O)oc2ccccc21)NCc1nccc(N2CCOCC2)n1. The van der Waals surface area contributed by atoms with Gasteiger partial charge in [-0.3, -0.25) is 9.36 Å². The van der Waals surface area contributed by atoms with Crippen LogP contribution in [0, 0.1) is 0 Å². The maximum absolute atomic E-state index is 12.3. The van der Waals surface area contributed by atoms with E-state index in [2.05, 4.69) is 20.2 Å². The first-order valence-electron chi connectivity index (χ1n) is 8.70. The Bertz CT molecular complexity index is 1010. The number of amides is 1. The first-order chi connectivity index (χ1) is 13.2. The van der Waals surface area contributed by atoms with Crippen molar-refractivity contribution in [3.63, 3.8) is 0 Å². The van der Waals surface area contributed by atoms with Gasteiger partial charge in [-0.2, -0.15) is 0 Å². The fourth-order valence-corrected chi connectivity index (χ4v) is 2.98. The van der Waals surface area contributed by atoms with Gasteiger partial charge in [-0.15, -0.1) is 0 Å². The van der Waals surface area contributed by atoms with E-state index in [0.29, 0.717) is 30.1 Å². The summed E-state index contributed by atoms with van der Waals surface area (Å²) in [6, 6.07) is 8.83. The molecule has 1 aliphatic heterocycles. The van der Waals surface area contributed by atoms with Crippen molar-refractivity contribution < 1.29 is 13.9 Å². The number of benzene rings is 1. The van der Waals surface area contributed by atoms with Gasteiger partial charge in [-0.1, -0.05) is 12.1 Å². The highest BCUT2D eigenvalue weighted by molar-refractivity contribution is 5.79. The molecule has 1 aromatic carbocycles. The second-order valence-electron chi connectivity index (χ2n) is 6.13. The zero-order valence-electron chi connectivity index (χ0n) is 14.6. The second-order valence-corrected chi connectivity index (χ2v) is 6.13. The third-order valence-electron chi connectivity index (χ3n) is 4.34. The van der Waals surface area contributed by atoms with Crippen molar-refractivity contribution in [1.29, 1.82) is 0 Å². The molecule has 3 heterocycles. The molecule has 0 bridgehead atoms. The number of hydrogen-bond donors (Lipinski definition) is 1. The summed E-state index contributed by atoms with van der Waals surface area (Å²) in [5.74, 6) is 0.451. The summed E-state index contributed by atoms with van der Waals surface area (Å²) in [7, 11) is 0. The molecule has 0 spiro atoms. The third-order valence-corrected chi connectivity index (χ3v) is 4.34. The number of hydrogen-bond acceptors (Lipinski definition) is 7. The first kappa shape index (κ1) is 17.2. The Morgan fingerprint density at radius 2 is 2.00 bits per heavy atom. The van der Waals surface area contributed by atoms with Crippen LogP contribution >= 0.6 is 0 Å². The molecular weight excluding hydrogens is 350 g/mol. The van der Waals surface area contributed by atoms with Gasteiger partial charge in [-0.25, -0.2) is 14.8 Å². The van der Waals surface area contributed by atoms with Gasteiger partial charge in [0.25, 0.3) is 0 Å². The molecule has 1 N–H and O–H groups in total. The average molecular weight is 369 g/mol. The highest BCUT2D eigenvalue weighted by atomic mass is 16.5. The van der Waals surface area contributed by atoms with Crippen molar-refractivity contribution in [2.45, 2.75) is 13.1 Å². The number of anilines is 1. The predicted molar refractivity (Wildman–Crippen MR) is 97.4 cm³/mol. The van der Waals surface area contributed by atoms with Gasteiger partial charge in [0.1, 0.15) is 18.2 Å². The largest absolute Gasteiger partial charge is 0.420 e. The van der Waals surface area contributed by atoms with E-state index in [4.69, 9.17) is 9.15 Å². The Hall–Kier alpha value is -3.20. The Balaban J connectivity index is 1.40. The minimum absolute atomic E-state index is 0.126. The van der Waals surface area contributed by atoms with E-state index < -0.39 is 5.76 Å². The Morgan fingerprint density at radius 1 is 1.19 bits per heavy atom. The lowest BCUT2D eigenvalue weighted by Gasteiger charge is -2.27. The Kier molecular flexibility index (Phi) is 4.84. The standard InChI is InChI=1S/C18H19N5O4/c24-17(12-23-13-3-1-2-4-14(13)27-18(23)25)20-11-15-19-6-5-16(21-15)22-7-9-26-10-8-22/h1-6H,7-12H2,(H,20,24). The summed E-state index contributed by atoms with van der Waals surface area (Å²) >= 11 is 0. The molecule has 1 aliphatic rings. The maximum atomic E-state index is 12.3. The quantitative estimate of drug-likeness (QED) is 0.700. The van der Waals surface area contributed by atoms with Crippen LogP contribution in [0.4, 0.5) is 5.82 Å².